The van der Waals surface area contributed by atoms with E-state index in [2.05, 4.69) is 10.2 Å². The molecule has 4 saturated heterocycles. The Balaban J connectivity index is 1.65. The number of benzene rings is 1. The van der Waals surface area contributed by atoms with Crippen molar-refractivity contribution in [3.05, 3.63) is 35.4 Å². The molecule has 1 aromatic carbocycles. The number of hydrogen-bond acceptors (Lipinski definition) is 3. The van der Waals surface area contributed by atoms with E-state index in [1.165, 1.54) is 12.1 Å². The number of nitrogens with zero attached hydrogens (tertiary/aromatic N) is 2. The van der Waals surface area contributed by atoms with Crippen LogP contribution in [0.2, 0.25) is 0 Å². The van der Waals surface area contributed by atoms with Gasteiger partial charge in [-0.15, -0.1) is 0 Å². The number of hydrogen-bond donors (Lipinski definition) is 2. The molecule has 26 heavy (non-hydrogen) atoms. The van der Waals surface area contributed by atoms with Crippen molar-refractivity contribution < 1.29 is 18.4 Å². The van der Waals surface area contributed by atoms with Gasteiger partial charge in [0.15, 0.2) is 0 Å². The summed E-state index contributed by atoms with van der Waals surface area (Å²) in [7, 11) is 0. The molecule has 5 rings (SSSR count). The summed E-state index contributed by atoms with van der Waals surface area (Å²) < 4.78 is 27.5. The van der Waals surface area contributed by atoms with E-state index in [0.29, 0.717) is 18.0 Å². The molecule has 140 valence electrons. The van der Waals surface area contributed by atoms with Crippen LogP contribution in [0.5, 0.6) is 0 Å². The van der Waals surface area contributed by atoms with Crippen LogP contribution in [0.3, 0.4) is 0 Å². The van der Waals surface area contributed by atoms with Gasteiger partial charge in [-0.05, 0) is 49.5 Å². The van der Waals surface area contributed by atoms with Crippen molar-refractivity contribution in [2.45, 2.75) is 30.8 Å². The molecule has 3 atom stereocenters. The fraction of sp³-hybridized carbons (Fsp3) is 0.556. The van der Waals surface area contributed by atoms with Gasteiger partial charge >= 0.3 is 6.03 Å². The lowest BCUT2D eigenvalue weighted by Gasteiger charge is -2.51. The van der Waals surface area contributed by atoms with Crippen LogP contribution in [-0.2, 0) is 4.79 Å². The van der Waals surface area contributed by atoms with Gasteiger partial charge in [0.25, 0.3) is 0 Å². The Morgan fingerprint density at radius 1 is 1.12 bits per heavy atom. The van der Waals surface area contributed by atoms with E-state index in [4.69, 9.17) is 5.73 Å². The fourth-order valence-electron chi connectivity index (χ4n) is 5.05. The Labute approximate surface area is 150 Å². The average molecular weight is 364 g/mol. The summed E-state index contributed by atoms with van der Waals surface area (Å²) in [5.41, 5.74) is 5.66. The van der Waals surface area contributed by atoms with Crippen molar-refractivity contribution in [2.75, 3.05) is 26.2 Å². The molecule has 2 bridgehead atoms. The number of nitrogens with one attached hydrogen (secondary N) is 1. The zero-order valence-corrected chi connectivity index (χ0v) is 14.3. The molecular weight excluding hydrogens is 342 g/mol. The molecule has 0 aromatic heterocycles. The molecule has 0 radical (unpaired) electrons. The van der Waals surface area contributed by atoms with Crippen LogP contribution in [0.4, 0.5) is 13.6 Å². The molecule has 3 N–H and O–H groups in total. The number of nitrogens with two attached hydrogens (primary N) is 1. The first-order valence-electron chi connectivity index (χ1n) is 8.97. The lowest BCUT2D eigenvalue weighted by molar-refractivity contribution is -0.134. The number of rotatable bonds is 3. The van der Waals surface area contributed by atoms with E-state index in [-0.39, 0.29) is 30.5 Å². The lowest BCUT2D eigenvalue weighted by Crippen LogP contribution is -2.61. The quantitative estimate of drug-likeness (QED) is 0.841. The summed E-state index contributed by atoms with van der Waals surface area (Å²) >= 11 is 0. The normalized spacial score (nSPS) is 32.4. The van der Waals surface area contributed by atoms with Gasteiger partial charge in [-0.25, -0.2) is 13.6 Å². The van der Waals surface area contributed by atoms with Crippen molar-refractivity contribution in [2.24, 2.45) is 11.7 Å². The molecular formula is C18H22F2N4O2. The maximum atomic E-state index is 13.8. The maximum absolute atomic E-state index is 13.8. The highest BCUT2D eigenvalue weighted by Crippen LogP contribution is 2.46. The molecule has 0 spiro atoms. The summed E-state index contributed by atoms with van der Waals surface area (Å²) in [6.07, 6.45) is 2.02. The first kappa shape index (κ1) is 17.2. The predicted molar refractivity (Wildman–Crippen MR) is 90.3 cm³/mol. The largest absolute Gasteiger partial charge is 0.352 e. The van der Waals surface area contributed by atoms with Gasteiger partial charge in [-0.2, -0.15) is 0 Å². The third-order valence-corrected chi connectivity index (χ3v) is 6.04. The Bertz CT molecular complexity index is 716. The van der Waals surface area contributed by atoms with E-state index in [1.807, 2.05) is 0 Å². The third kappa shape index (κ3) is 2.92. The van der Waals surface area contributed by atoms with Gasteiger partial charge in [0.05, 0.1) is 12.6 Å². The van der Waals surface area contributed by atoms with E-state index in [9.17, 15) is 18.4 Å². The molecule has 8 heteroatoms. The second-order valence-corrected chi connectivity index (χ2v) is 7.43. The van der Waals surface area contributed by atoms with Gasteiger partial charge in [0.1, 0.15) is 11.6 Å². The Kier molecular flexibility index (Phi) is 4.30. The number of fused-ring (bicyclic) bond motifs is 2. The highest BCUT2D eigenvalue weighted by atomic mass is 19.1. The molecule has 4 heterocycles. The molecule has 1 aromatic rings. The van der Waals surface area contributed by atoms with E-state index >= 15 is 0 Å². The number of urea groups is 1. The fourth-order valence-corrected chi connectivity index (χ4v) is 5.05. The minimum Gasteiger partial charge on any atom is -0.352 e. The molecule has 4 aliphatic rings. The number of halogens is 2. The molecule has 0 aliphatic carbocycles. The molecule has 0 saturated carbocycles. The van der Waals surface area contributed by atoms with Gasteiger partial charge in [0.2, 0.25) is 5.91 Å². The molecule has 4 fully saturated rings. The lowest BCUT2D eigenvalue weighted by atomic mass is 9.75. The smallest absolute Gasteiger partial charge is 0.312 e. The second-order valence-electron chi connectivity index (χ2n) is 7.43. The minimum absolute atomic E-state index is 0.0102. The van der Waals surface area contributed by atoms with Gasteiger partial charge in [-0.1, -0.05) is 0 Å². The Morgan fingerprint density at radius 3 is 2.38 bits per heavy atom. The van der Waals surface area contributed by atoms with Crippen molar-refractivity contribution in [3.8, 4) is 0 Å². The third-order valence-electron chi connectivity index (χ3n) is 6.04. The van der Waals surface area contributed by atoms with Gasteiger partial charge in [0, 0.05) is 24.6 Å². The van der Waals surface area contributed by atoms with E-state index in [1.54, 1.807) is 4.90 Å². The summed E-state index contributed by atoms with van der Waals surface area (Å²) in [6.45, 7) is 2.13. The maximum Gasteiger partial charge on any atom is 0.312 e. The van der Waals surface area contributed by atoms with Crippen molar-refractivity contribution in [1.82, 2.24) is 15.1 Å². The molecule has 3 amide bonds. The van der Waals surface area contributed by atoms with Gasteiger partial charge < -0.3 is 16.0 Å². The number of primary amides is 1. The Hall–Kier alpha value is -2.22. The molecule has 0 unspecified atom stereocenters. The Morgan fingerprint density at radius 2 is 1.77 bits per heavy atom. The number of carbonyl (C=O) groups is 2. The van der Waals surface area contributed by atoms with Crippen LogP contribution >= 0.6 is 0 Å². The SMILES string of the molecule is NC(=O)NCC(=O)N1C[C@H](c2cc(F)cc(F)c2)[C@H]2[C@@H]1C1CCN2CC1. The van der Waals surface area contributed by atoms with E-state index < -0.39 is 17.7 Å². The van der Waals surface area contributed by atoms with Crippen molar-refractivity contribution >= 4 is 11.9 Å². The number of piperidine rings is 3. The van der Waals surface area contributed by atoms with Crippen molar-refractivity contribution in [1.29, 1.82) is 0 Å². The zero-order chi connectivity index (χ0) is 18.4. The predicted octanol–water partition coefficient (Wildman–Crippen LogP) is 1.02. The average Bonchev–Trinajstić information content (AvgIpc) is 3.03. The van der Waals surface area contributed by atoms with Crippen LogP contribution in [0.1, 0.15) is 24.3 Å². The molecule has 6 nitrogen and oxygen atoms in total. The zero-order valence-electron chi connectivity index (χ0n) is 14.3. The van der Waals surface area contributed by atoms with Crippen LogP contribution in [0, 0.1) is 17.6 Å². The van der Waals surface area contributed by atoms with Crippen LogP contribution in [0.25, 0.3) is 0 Å². The number of carbonyl (C=O) groups excluding carboxylic acids is 2. The minimum atomic E-state index is -0.744. The monoisotopic (exact) mass is 364 g/mol. The summed E-state index contributed by atoms with van der Waals surface area (Å²) in [6, 6.07) is 2.92. The number of amides is 3. The van der Waals surface area contributed by atoms with Crippen molar-refractivity contribution in [3.63, 3.8) is 0 Å². The second kappa shape index (κ2) is 6.50. The highest BCUT2D eigenvalue weighted by molar-refractivity contribution is 5.84. The first-order chi connectivity index (χ1) is 12.4. The van der Waals surface area contributed by atoms with E-state index in [0.717, 1.165) is 32.0 Å². The molecule has 4 aliphatic heterocycles. The number of likely N-dealkylation sites (tertiary alicyclic amines) is 1. The van der Waals surface area contributed by atoms with Crippen LogP contribution < -0.4 is 11.1 Å². The first-order valence-corrected chi connectivity index (χ1v) is 8.97. The summed E-state index contributed by atoms with van der Waals surface area (Å²) in [4.78, 5) is 27.7. The highest BCUT2D eigenvalue weighted by Gasteiger charge is 2.54. The standard InChI is InChI=1S/C18H22F2N4O2/c19-12-5-11(6-13(20)7-12)14-9-24(15(25)8-22-18(21)26)16-10-1-3-23(4-2-10)17(14)16/h5-7,10,14,16-17H,1-4,8-9H2,(H3,21,22,26)/t14-,16+,17+/m1/s1. The van der Waals surface area contributed by atoms with Crippen LogP contribution in [-0.4, -0.2) is 60.0 Å². The topological polar surface area (TPSA) is 78.7 Å². The summed E-state index contributed by atoms with van der Waals surface area (Å²) in [5, 5.41) is 2.35. The summed E-state index contributed by atoms with van der Waals surface area (Å²) in [5.74, 6) is -1.18. The van der Waals surface area contributed by atoms with Crippen LogP contribution in [0.15, 0.2) is 18.2 Å². The van der Waals surface area contributed by atoms with Gasteiger partial charge in [-0.3, -0.25) is 9.69 Å².